The molecule has 1 heterocycles. The molecule has 0 N–H and O–H groups in total. The molecule has 0 bridgehead atoms. The Hall–Kier alpha value is -1.78. The van der Waals surface area contributed by atoms with E-state index in [1.165, 1.54) is 20.1 Å². The normalized spacial score (nSPS) is 13.4. The van der Waals surface area contributed by atoms with Gasteiger partial charge < -0.3 is 14.2 Å². The number of ether oxygens (including phenoxy) is 3. The quantitative estimate of drug-likeness (QED) is 0.721. The standard InChI is InChI=1S/C11H11FO4/c1-6(13)9-10(12)7(14-2)5-8-11(9)16-4-3-15-8/h5H,3-4H2,1-2H3. The van der Waals surface area contributed by atoms with Gasteiger partial charge in [0, 0.05) is 6.07 Å². The average molecular weight is 226 g/mol. The number of benzene rings is 1. The van der Waals surface area contributed by atoms with Crippen LogP contribution in [-0.2, 0) is 0 Å². The topological polar surface area (TPSA) is 44.8 Å². The van der Waals surface area contributed by atoms with Crippen molar-refractivity contribution >= 4 is 5.78 Å². The maximum Gasteiger partial charge on any atom is 0.179 e. The Labute approximate surface area is 91.9 Å². The van der Waals surface area contributed by atoms with E-state index >= 15 is 0 Å². The molecule has 4 nitrogen and oxygen atoms in total. The summed E-state index contributed by atoms with van der Waals surface area (Å²) < 4.78 is 29.2. The van der Waals surface area contributed by atoms with Crippen LogP contribution in [0.2, 0.25) is 0 Å². The van der Waals surface area contributed by atoms with Crippen LogP contribution in [0.4, 0.5) is 4.39 Å². The molecule has 1 aromatic carbocycles. The number of methoxy groups -OCH3 is 1. The first-order chi connectivity index (χ1) is 7.65. The lowest BCUT2D eigenvalue weighted by Crippen LogP contribution is -2.18. The van der Waals surface area contributed by atoms with Gasteiger partial charge in [0.05, 0.1) is 7.11 Å². The first kappa shape index (κ1) is 10.7. The first-order valence-electron chi connectivity index (χ1n) is 4.82. The molecule has 0 spiro atoms. The van der Waals surface area contributed by atoms with E-state index in [-0.39, 0.29) is 17.1 Å². The van der Waals surface area contributed by atoms with Gasteiger partial charge in [0.2, 0.25) is 0 Å². The van der Waals surface area contributed by atoms with E-state index < -0.39 is 11.6 Å². The van der Waals surface area contributed by atoms with Gasteiger partial charge in [0.25, 0.3) is 0 Å². The lowest BCUT2D eigenvalue weighted by molar-refractivity contribution is 0.0995. The zero-order valence-corrected chi connectivity index (χ0v) is 9.00. The maximum absolute atomic E-state index is 13.8. The minimum absolute atomic E-state index is 0.0190. The van der Waals surface area contributed by atoms with E-state index in [4.69, 9.17) is 14.2 Å². The van der Waals surface area contributed by atoms with Crippen LogP contribution in [0.5, 0.6) is 17.2 Å². The molecular formula is C11H11FO4. The van der Waals surface area contributed by atoms with Gasteiger partial charge in [-0.2, -0.15) is 0 Å². The molecule has 1 aliphatic rings. The summed E-state index contributed by atoms with van der Waals surface area (Å²) in [6.45, 7) is 1.95. The van der Waals surface area contributed by atoms with Gasteiger partial charge in [0.1, 0.15) is 18.8 Å². The average Bonchev–Trinajstić information content (AvgIpc) is 2.27. The van der Waals surface area contributed by atoms with Crippen LogP contribution >= 0.6 is 0 Å². The molecule has 0 saturated heterocycles. The number of halogens is 1. The van der Waals surface area contributed by atoms with Crippen LogP contribution < -0.4 is 14.2 Å². The summed E-state index contributed by atoms with van der Waals surface area (Å²) in [5, 5.41) is 0. The highest BCUT2D eigenvalue weighted by Crippen LogP contribution is 2.40. The summed E-state index contributed by atoms with van der Waals surface area (Å²) in [5.41, 5.74) is -0.117. The van der Waals surface area contributed by atoms with Crippen LogP contribution in [0.1, 0.15) is 17.3 Å². The largest absolute Gasteiger partial charge is 0.494 e. The Morgan fingerprint density at radius 2 is 2.12 bits per heavy atom. The van der Waals surface area contributed by atoms with E-state index in [1.54, 1.807) is 0 Å². The number of rotatable bonds is 2. The van der Waals surface area contributed by atoms with Crippen LogP contribution in [0, 0.1) is 5.82 Å². The van der Waals surface area contributed by atoms with Crippen molar-refractivity contribution in [2.75, 3.05) is 20.3 Å². The van der Waals surface area contributed by atoms with Crippen molar-refractivity contribution < 1.29 is 23.4 Å². The van der Waals surface area contributed by atoms with E-state index in [1.807, 2.05) is 0 Å². The third kappa shape index (κ3) is 1.58. The molecule has 0 fully saturated rings. The highest BCUT2D eigenvalue weighted by Gasteiger charge is 2.26. The summed E-state index contributed by atoms with van der Waals surface area (Å²) in [4.78, 5) is 11.4. The van der Waals surface area contributed by atoms with Crippen molar-refractivity contribution in [1.82, 2.24) is 0 Å². The third-order valence-electron chi connectivity index (χ3n) is 2.31. The smallest absolute Gasteiger partial charge is 0.179 e. The molecule has 0 atom stereocenters. The Balaban J connectivity index is 2.67. The highest BCUT2D eigenvalue weighted by atomic mass is 19.1. The van der Waals surface area contributed by atoms with Crippen molar-refractivity contribution in [3.05, 3.63) is 17.4 Å². The second kappa shape index (κ2) is 4.00. The molecular weight excluding hydrogens is 215 g/mol. The van der Waals surface area contributed by atoms with Crippen LogP contribution in [0.25, 0.3) is 0 Å². The van der Waals surface area contributed by atoms with Gasteiger partial charge in [-0.15, -0.1) is 0 Å². The lowest BCUT2D eigenvalue weighted by atomic mass is 10.1. The predicted molar refractivity (Wildman–Crippen MR) is 53.9 cm³/mol. The predicted octanol–water partition coefficient (Wildman–Crippen LogP) is 1.81. The Kier molecular flexibility index (Phi) is 2.68. The summed E-state index contributed by atoms with van der Waals surface area (Å²) in [6, 6.07) is 1.39. The summed E-state index contributed by atoms with van der Waals surface area (Å²) in [7, 11) is 1.33. The van der Waals surface area contributed by atoms with Gasteiger partial charge in [-0.25, -0.2) is 4.39 Å². The number of fused-ring (bicyclic) bond motifs is 1. The molecule has 2 rings (SSSR count). The highest BCUT2D eigenvalue weighted by molar-refractivity contribution is 5.98. The van der Waals surface area contributed by atoms with E-state index in [0.717, 1.165) is 0 Å². The minimum atomic E-state index is -0.709. The molecule has 5 heteroatoms. The van der Waals surface area contributed by atoms with Gasteiger partial charge in [-0.05, 0) is 6.92 Å². The van der Waals surface area contributed by atoms with E-state index in [9.17, 15) is 9.18 Å². The number of hydrogen-bond donors (Lipinski definition) is 0. The monoisotopic (exact) mass is 226 g/mol. The maximum atomic E-state index is 13.8. The Bertz CT molecular complexity index is 442. The molecule has 0 unspecified atom stereocenters. The SMILES string of the molecule is COc1cc2c(c(C(C)=O)c1F)OCCO2. The fraction of sp³-hybridized carbons (Fsp3) is 0.364. The summed E-state index contributed by atoms with van der Waals surface area (Å²) in [5.74, 6) is -0.640. The number of hydrogen-bond acceptors (Lipinski definition) is 4. The molecule has 0 amide bonds. The number of ketones is 1. The van der Waals surface area contributed by atoms with Crippen molar-refractivity contribution in [3.8, 4) is 17.2 Å². The first-order valence-corrected chi connectivity index (χ1v) is 4.82. The van der Waals surface area contributed by atoms with Gasteiger partial charge in [0.15, 0.2) is 28.8 Å². The fourth-order valence-electron chi connectivity index (χ4n) is 1.60. The molecule has 0 radical (unpaired) electrons. The van der Waals surface area contributed by atoms with Gasteiger partial charge in [-0.3, -0.25) is 4.79 Å². The van der Waals surface area contributed by atoms with Crippen molar-refractivity contribution in [2.45, 2.75) is 6.92 Å². The number of Topliss-reactive ketones (excluding diaryl/α,β-unsaturated/α-hetero) is 1. The second-order valence-corrected chi connectivity index (χ2v) is 3.35. The van der Waals surface area contributed by atoms with Crippen LogP contribution in [0.3, 0.4) is 0 Å². The summed E-state index contributed by atoms with van der Waals surface area (Å²) in [6.07, 6.45) is 0. The fourth-order valence-corrected chi connectivity index (χ4v) is 1.60. The zero-order valence-electron chi connectivity index (χ0n) is 9.00. The van der Waals surface area contributed by atoms with Gasteiger partial charge in [-0.1, -0.05) is 0 Å². The molecule has 1 aliphatic heterocycles. The van der Waals surface area contributed by atoms with Crippen LogP contribution in [0.15, 0.2) is 6.07 Å². The van der Waals surface area contributed by atoms with Crippen molar-refractivity contribution in [3.63, 3.8) is 0 Å². The van der Waals surface area contributed by atoms with Crippen LogP contribution in [-0.4, -0.2) is 26.1 Å². The molecule has 0 aliphatic carbocycles. The summed E-state index contributed by atoms with van der Waals surface area (Å²) >= 11 is 0. The molecule has 86 valence electrons. The Morgan fingerprint density at radius 3 is 2.75 bits per heavy atom. The Morgan fingerprint density at radius 1 is 1.44 bits per heavy atom. The van der Waals surface area contributed by atoms with Crippen molar-refractivity contribution in [2.24, 2.45) is 0 Å². The molecule has 0 aromatic heterocycles. The van der Waals surface area contributed by atoms with Crippen molar-refractivity contribution in [1.29, 1.82) is 0 Å². The van der Waals surface area contributed by atoms with E-state index in [2.05, 4.69) is 0 Å². The zero-order chi connectivity index (χ0) is 11.7. The third-order valence-corrected chi connectivity index (χ3v) is 2.31. The molecule has 0 saturated carbocycles. The lowest BCUT2D eigenvalue weighted by Gasteiger charge is -2.21. The van der Waals surface area contributed by atoms with E-state index in [0.29, 0.717) is 19.0 Å². The van der Waals surface area contributed by atoms with Gasteiger partial charge >= 0.3 is 0 Å². The molecule has 1 aromatic rings. The number of carbonyl (C=O) groups is 1. The number of carbonyl (C=O) groups excluding carboxylic acids is 1. The minimum Gasteiger partial charge on any atom is -0.494 e. The second-order valence-electron chi connectivity index (χ2n) is 3.35. The molecule has 16 heavy (non-hydrogen) atoms.